The molecule has 5 rings (SSSR count). The number of rotatable bonds is 7. The average molecular weight is 380 g/mol. The number of fused-ring (bicyclic) bond motifs is 2. The summed E-state index contributed by atoms with van der Waals surface area (Å²) in [5, 5.41) is 10.8. The predicted octanol–water partition coefficient (Wildman–Crippen LogP) is 4.81. The van der Waals surface area contributed by atoms with Crippen molar-refractivity contribution in [3.63, 3.8) is 0 Å². The van der Waals surface area contributed by atoms with Crippen molar-refractivity contribution in [2.24, 2.45) is 5.41 Å². The van der Waals surface area contributed by atoms with E-state index in [1.54, 1.807) is 0 Å². The van der Waals surface area contributed by atoms with Crippen LogP contribution in [0.5, 0.6) is 0 Å². The zero-order chi connectivity index (χ0) is 19.8. The highest BCUT2D eigenvalue weighted by atomic mass is 16.5. The zero-order valence-corrected chi connectivity index (χ0v) is 17.3. The Morgan fingerprint density at radius 1 is 0.964 bits per heavy atom. The highest BCUT2D eigenvalue weighted by Crippen LogP contribution is 2.54. The second-order valence-corrected chi connectivity index (χ2v) is 9.74. The molecule has 0 spiro atoms. The number of aliphatic hydroxyl groups is 1. The molecular formula is C25H33NO2. The number of hydrogen-bond acceptors (Lipinski definition) is 3. The molecule has 3 atom stereocenters. The van der Waals surface area contributed by atoms with Gasteiger partial charge in [0.25, 0.3) is 0 Å². The number of nitrogens with zero attached hydrogens (tertiary/aromatic N) is 1. The molecule has 1 aliphatic carbocycles. The fourth-order valence-electron chi connectivity index (χ4n) is 5.66. The van der Waals surface area contributed by atoms with Gasteiger partial charge in [-0.3, -0.25) is 4.90 Å². The van der Waals surface area contributed by atoms with Crippen LogP contribution in [0.4, 0.5) is 0 Å². The van der Waals surface area contributed by atoms with E-state index in [4.69, 9.17) is 4.74 Å². The van der Waals surface area contributed by atoms with Crippen molar-refractivity contribution in [2.75, 3.05) is 13.2 Å². The molecule has 2 bridgehead atoms. The lowest BCUT2D eigenvalue weighted by atomic mass is 9.59. The minimum absolute atomic E-state index is 0.150. The van der Waals surface area contributed by atoms with E-state index < -0.39 is 6.10 Å². The number of aliphatic hydroxyl groups excluding tert-OH is 1. The average Bonchev–Trinajstić information content (AvgIpc) is 2.66. The summed E-state index contributed by atoms with van der Waals surface area (Å²) < 4.78 is 6.26. The van der Waals surface area contributed by atoms with E-state index in [9.17, 15) is 5.11 Å². The number of benzene rings is 2. The molecule has 3 fully saturated rings. The summed E-state index contributed by atoms with van der Waals surface area (Å²) in [6, 6.07) is 21.2. The number of hydrogen-bond donors (Lipinski definition) is 1. The van der Waals surface area contributed by atoms with Gasteiger partial charge in [-0.25, -0.2) is 0 Å². The Bertz CT molecular complexity index is 736. The van der Waals surface area contributed by atoms with Crippen molar-refractivity contribution in [2.45, 2.75) is 63.8 Å². The third kappa shape index (κ3) is 4.03. The Hall–Kier alpha value is -1.68. The summed E-state index contributed by atoms with van der Waals surface area (Å²) >= 11 is 0. The van der Waals surface area contributed by atoms with Crippen LogP contribution in [0.2, 0.25) is 0 Å². The largest absolute Gasteiger partial charge is 0.389 e. The normalized spacial score (nSPS) is 27.4. The number of ether oxygens (including phenoxy) is 1. The molecule has 2 aromatic carbocycles. The van der Waals surface area contributed by atoms with Crippen LogP contribution in [0.25, 0.3) is 0 Å². The smallest absolute Gasteiger partial charge is 0.108 e. The van der Waals surface area contributed by atoms with Gasteiger partial charge in [0.2, 0.25) is 0 Å². The van der Waals surface area contributed by atoms with E-state index in [0.29, 0.717) is 24.6 Å². The summed E-state index contributed by atoms with van der Waals surface area (Å²) in [4.78, 5) is 2.52. The van der Waals surface area contributed by atoms with E-state index in [1.165, 1.54) is 19.3 Å². The monoisotopic (exact) mass is 379 g/mol. The van der Waals surface area contributed by atoms with Crippen molar-refractivity contribution in [3.8, 4) is 0 Å². The molecule has 3 aliphatic rings. The van der Waals surface area contributed by atoms with Crippen molar-refractivity contribution in [1.29, 1.82) is 0 Å². The first-order valence-electron chi connectivity index (χ1n) is 10.5. The second kappa shape index (κ2) is 7.62. The Kier molecular flexibility index (Phi) is 5.34. The molecule has 28 heavy (non-hydrogen) atoms. The van der Waals surface area contributed by atoms with E-state index >= 15 is 0 Å². The fraction of sp³-hybridized carbons (Fsp3) is 0.520. The summed E-state index contributed by atoms with van der Waals surface area (Å²) in [6.07, 6.45) is 3.08. The Balaban J connectivity index is 1.39. The molecule has 2 heterocycles. The molecule has 150 valence electrons. The molecule has 1 saturated carbocycles. The van der Waals surface area contributed by atoms with Crippen molar-refractivity contribution in [3.05, 3.63) is 71.8 Å². The van der Waals surface area contributed by atoms with Gasteiger partial charge in [0.1, 0.15) is 6.10 Å². The van der Waals surface area contributed by atoms with Gasteiger partial charge >= 0.3 is 0 Å². The second-order valence-electron chi connectivity index (χ2n) is 9.74. The van der Waals surface area contributed by atoms with E-state index in [2.05, 4.69) is 49.9 Å². The first-order chi connectivity index (χ1) is 13.4. The first kappa shape index (κ1) is 19.6. The minimum Gasteiger partial charge on any atom is -0.389 e. The van der Waals surface area contributed by atoms with Crippen molar-refractivity contribution in [1.82, 2.24) is 4.90 Å². The molecule has 0 aromatic heterocycles. The molecule has 2 saturated heterocycles. The fourth-order valence-corrected chi connectivity index (χ4v) is 5.66. The van der Waals surface area contributed by atoms with Crippen LogP contribution in [0, 0.1) is 5.41 Å². The molecule has 2 aliphatic heterocycles. The highest BCUT2D eigenvalue weighted by Gasteiger charge is 2.56. The third-order valence-electron chi connectivity index (χ3n) is 6.52. The molecule has 3 unspecified atom stereocenters. The standard InChI is InChI=1S/C25H33NO2/c1-24(2)14-21-15-25(3,18-24)26(21)16-22(27)17-28-23(19-10-6-4-7-11-19)20-12-8-5-9-13-20/h4-13,21-23,27H,14-18H2,1-3H3. The maximum Gasteiger partial charge on any atom is 0.108 e. The van der Waals surface area contributed by atoms with Crippen LogP contribution in [0.1, 0.15) is 57.3 Å². The van der Waals surface area contributed by atoms with Crippen LogP contribution < -0.4 is 0 Å². The van der Waals surface area contributed by atoms with Gasteiger partial charge < -0.3 is 9.84 Å². The lowest BCUT2D eigenvalue weighted by Gasteiger charge is -2.65. The van der Waals surface area contributed by atoms with Gasteiger partial charge in [0.05, 0.1) is 12.7 Å². The van der Waals surface area contributed by atoms with Gasteiger partial charge in [0, 0.05) is 18.1 Å². The quantitative estimate of drug-likeness (QED) is 0.750. The molecule has 0 radical (unpaired) electrons. The molecule has 3 nitrogen and oxygen atoms in total. The highest BCUT2D eigenvalue weighted by molar-refractivity contribution is 5.29. The molecule has 0 amide bonds. The van der Waals surface area contributed by atoms with Crippen molar-refractivity contribution >= 4 is 0 Å². The molecule has 1 N–H and O–H groups in total. The van der Waals surface area contributed by atoms with Gasteiger partial charge in [0.15, 0.2) is 0 Å². The minimum atomic E-state index is -0.474. The maximum absolute atomic E-state index is 10.8. The SMILES string of the molecule is CC1(C)CC2CC(C)(C1)N2CC(O)COC(c1ccccc1)c1ccccc1. The Morgan fingerprint density at radius 2 is 1.54 bits per heavy atom. The summed E-state index contributed by atoms with van der Waals surface area (Å²) in [7, 11) is 0. The summed E-state index contributed by atoms with van der Waals surface area (Å²) in [5.41, 5.74) is 2.90. The summed E-state index contributed by atoms with van der Waals surface area (Å²) in [5.74, 6) is 0. The Morgan fingerprint density at radius 3 is 2.07 bits per heavy atom. The van der Waals surface area contributed by atoms with E-state index in [0.717, 1.165) is 11.1 Å². The maximum atomic E-state index is 10.8. The zero-order valence-electron chi connectivity index (χ0n) is 17.3. The van der Waals surface area contributed by atoms with Crippen LogP contribution >= 0.6 is 0 Å². The molecule has 2 aromatic rings. The van der Waals surface area contributed by atoms with Gasteiger partial charge in [-0.2, -0.15) is 0 Å². The van der Waals surface area contributed by atoms with Gasteiger partial charge in [-0.05, 0) is 42.7 Å². The Labute approximate surface area is 169 Å². The summed E-state index contributed by atoms with van der Waals surface area (Å²) in [6.45, 7) is 8.15. The lowest BCUT2D eigenvalue weighted by molar-refractivity contribution is -0.160. The number of piperidine rings is 1. The van der Waals surface area contributed by atoms with E-state index in [1.807, 2.05) is 36.4 Å². The third-order valence-corrected chi connectivity index (χ3v) is 6.52. The van der Waals surface area contributed by atoms with Crippen LogP contribution in [0.3, 0.4) is 0 Å². The first-order valence-corrected chi connectivity index (χ1v) is 10.5. The lowest BCUT2D eigenvalue weighted by Crippen LogP contribution is -2.71. The predicted molar refractivity (Wildman–Crippen MR) is 113 cm³/mol. The van der Waals surface area contributed by atoms with Crippen LogP contribution in [0.15, 0.2) is 60.7 Å². The number of β-amino-alcohol motifs (C(OH)–C–C–N with tert-alkyl or cyclic N) is 1. The van der Waals surface area contributed by atoms with Gasteiger partial charge in [-0.1, -0.05) is 74.5 Å². The van der Waals surface area contributed by atoms with Crippen LogP contribution in [-0.2, 0) is 4.74 Å². The molecule has 3 heteroatoms. The van der Waals surface area contributed by atoms with Crippen LogP contribution in [-0.4, -0.2) is 40.8 Å². The molecular weight excluding hydrogens is 346 g/mol. The van der Waals surface area contributed by atoms with Gasteiger partial charge in [-0.15, -0.1) is 0 Å². The van der Waals surface area contributed by atoms with E-state index in [-0.39, 0.29) is 11.6 Å². The van der Waals surface area contributed by atoms with Crippen molar-refractivity contribution < 1.29 is 9.84 Å². The topological polar surface area (TPSA) is 32.7 Å².